The van der Waals surface area contributed by atoms with Crippen LogP contribution in [-0.4, -0.2) is 54.7 Å². The number of nitrogens with one attached hydrogen (secondary N) is 1. The van der Waals surface area contributed by atoms with Gasteiger partial charge in [0.25, 0.3) is 0 Å². The molecule has 0 saturated carbocycles. The van der Waals surface area contributed by atoms with Gasteiger partial charge in [-0.1, -0.05) is 182 Å². The zero-order valence-corrected chi connectivity index (χ0v) is 31.0. The molecule has 1 fully saturated rings. The topological polar surface area (TPSA) is 115 Å². The van der Waals surface area contributed by atoms with E-state index in [-0.39, 0.29) is 6.61 Å². The predicted octanol–water partition coefficient (Wildman–Crippen LogP) is 7.86. The first-order valence-electron chi connectivity index (χ1n) is 19.0. The number of aromatic nitrogens is 4. The second-order valence-corrected chi connectivity index (χ2v) is 14.2. The van der Waals surface area contributed by atoms with Crippen molar-refractivity contribution < 1.29 is 19.7 Å². The van der Waals surface area contributed by atoms with Gasteiger partial charge in [0.05, 0.1) is 12.9 Å². The van der Waals surface area contributed by atoms with Crippen LogP contribution in [-0.2, 0) is 20.6 Å². The molecular formula is C48H41N5O4. The van der Waals surface area contributed by atoms with Crippen molar-refractivity contribution in [2.75, 3.05) is 11.9 Å². The molecule has 4 atom stereocenters. The van der Waals surface area contributed by atoms with Crippen molar-refractivity contribution in [1.82, 2.24) is 19.5 Å². The van der Waals surface area contributed by atoms with Crippen molar-refractivity contribution in [3.8, 4) is 0 Å². The lowest BCUT2D eigenvalue weighted by molar-refractivity contribution is -0.0942. The molecule has 0 bridgehead atoms. The van der Waals surface area contributed by atoms with Gasteiger partial charge in [-0.15, -0.1) is 0 Å². The molecule has 0 radical (unpaired) electrons. The fourth-order valence-corrected chi connectivity index (χ4v) is 8.16. The summed E-state index contributed by atoms with van der Waals surface area (Å²) in [5, 5.41) is 27.0. The minimum Gasteiger partial charge on any atom is -0.387 e. The number of benzene rings is 6. The van der Waals surface area contributed by atoms with E-state index in [0.29, 0.717) is 17.0 Å². The molecule has 282 valence electrons. The zero-order valence-electron chi connectivity index (χ0n) is 31.0. The van der Waals surface area contributed by atoms with Gasteiger partial charge >= 0.3 is 0 Å². The zero-order chi connectivity index (χ0) is 38.7. The highest BCUT2D eigenvalue weighted by molar-refractivity contribution is 5.84. The number of ether oxygens (including phenoxy) is 2. The van der Waals surface area contributed by atoms with E-state index in [1.807, 2.05) is 146 Å². The number of hydrogen-bond donors (Lipinski definition) is 3. The molecule has 9 heteroatoms. The lowest BCUT2D eigenvalue weighted by Gasteiger charge is -2.37. The molecule has 0 unspecified atom stereocenters. The Morgan fingerprint density at radius 2 is 0.965 bits per heavy atom. The Kier molecular flexibility index (Phi) is 9.88. The van der Waals surface area contributed by atoms with Crippen molar-refractivity contribution in [2.45, 2.75) is 35.7 Å². The highest BCUT2D eigenvalue weighted by atomic mass is 16.6. The number of fused-ring (bicyclic) bond motifs is 1. The summed E-state index contributed by atoms with van der Waals surface area (Å²) in [4.78, 5) is 14.1. The number of aliphatic hydroxyl groups excluding tert-OH is 2. The van der Waals surface area contributed by atoms with Gasteiger partial charge in [0.1, 0.15) is 35.8 Å². The lowest BCUT2D eigenvalue weighted by Crippen LogP contribution is -2.39. The Morgan fingerprint density at radius 1 is 0.544 bits per heavy atom. The van der Waals surface area contributed by atoms with Crippen molar-refractivity contribution >= 4 is 17.0 Å². The molecule has 1 saturated heterocycles. The Labute approximate surface area is 330 Å². The van der Waals surface area contributed by atoms with Crippen LogP contribution in [0.3, 0.4) is 0 Å². The van der Waals surface area contributed by atoms with Gasteiger partial charge < -0.3 is 25.0 Å². The van der Waals surface area contributed by atoms with Crippen LogP contribution in [0, 0.1) is 0 Å². The van der Waals surface area contributed by atoms with E-state index in [4.69, 9.17) is 19.4 Å². The van der Waals surface area contributed by atoms with E-state index >= 15 is 0 Å². The molecule has 2 aromatic heterocycles. The van der Waals surface area contributed by atoms with Crippen LogP contribution in [0.15, 0.2) is 195 Å². The standard InChI is InChI=1S/C48H41N5O4/c54-42-40(31-56-48(37-25-13-4-14-26-37,38-27-15-5-16-28-38)39-29-17-6-18-30-39)57-46(43(42)55)53-33-51-41-44(49-32-50-45(41)53)52-47(34-19-7-1-8-20-34,35-21-9-2-10-22-35)36-23-11-3-12-24-36/h1-30,32-33,40,42-43,46,54-55H,31H2,(H,49,50,52)/t40-,42-,43-,46-/m1/s1. The maximum Gasteiger partial charge on any atom is 0.167 e. The summed E-state index contributed by atoms with van der Waals surface area (Å²) >= 11 is 0. The summed E-state index contributed by atoms with van der Waals surface area (Å²) in [7, 11) is 0. The van der Waals surface area contributed by atoms with Crippen LogP contribution in [0.25, 0.3) is 11.2 Å². The van der Waals surface area contributed by atoms with Crippen molar-refractivity contribution in [2.24, 2.45) is 0 Å². The molecule has 8 aromatic rings. The minimum atomic E-state index is -1.31. The second-order valence-electron chi connectivity index (χ2n) is 14.2. The van der Waals surface area contributed by atoms with Crippen LogP contribution in [0.5, 0.6) is 0 Å². The smallest absolute Gasteiger partial charge is 0.167 e. The summed E-state index contributed by atoms with van der Waals surface area (Å²) < 4.78 is 15.2. The molecule has 0 aliphatic carbocycles. The van der Waals surface area contributed by atoms with E-state index in [9.17, 15) is 10.2 Å². The number of hydrogen-bond acceptors (Lipinski definition) is 8. The lowest BCUT2D eigenvalue weighted by atomic mass is 9.77. The van der Waals surface area contributed by atoms with E-state index in [1.54, 1.807) is 10.9 Å². The SMILES string of the molecule is O[C@@H]1[C@H](O)[C@@H](COC(c2ccccc2)(c2ccccc2)c2ccccc2)O[C@H]1n1cnc2c(NC(c3ccccc3)(c3ccccc3)c3ccccc3)ncnc21. The first-order chi connectivity index (χ1) is 28.1. The number of anilines is 1. The second kappa shape index (κ2) is 15.6. The van der Waals surface area contributed by atoms with Gasteiger partial charge in [0.2, 0.25) is 0 Å². The number of imidazole rings is 1. The first kappa shape index (κ1) is 36.2. The Bertz CT molecular complexity index is 2330. The van der Waals surface area contributed by atoms with Crippen molar-refractivity contribution in [3.05, 3.63) is 228 Å². The maximum absolute atomic E-state index is 11.6. The van der Waals surface area contributed by atoms with Gasteiger partial charge in [-0.2, -0.15) is 0 Å². The molecule has 57 heavy (non-hydrogen) atoms. The van der Waals surface area contributed by atoms with Gasteiger partial charge in [-0.05, 0) is 33.4 Å². The fraction of sp³-hybridized carbons (Fsp3) is 0.146. The first-order valence-corrected chi connectivity index (χ1v) is 19.0. The predicted molar refractivity (Wildman–Crippen MR) is 219 cm³/mol. The molecule has 9 nitrogen and oxygen atoms in total. The van der Waals surface area contributed by atoms with Gasteiger partial charge in [-0.3, -0.25) is 4.57 Å². The molecule has 0 amide bonds. The number of nitrogens with zero attached hydrogens (tertiary/aromatic N) is 4. The molecule has 6 aromatic carbocycles. The van der Waals surface area contributed by atoms with Crippen LogP contribution in [0.2, 0.25) is 0 Å². The minimum absolute atomic E-state index is 0.0322. The molecule has 3 N–H and O–H groups in total. The highest BCUT2D eigenvalue weighted by Gasteiger charge is 2.47. The third-order valence-corrected chi connectivity index (χ3v) is 10.9. The van der Waals surface area contributed by atoms with Crippen LogP contribution >= 0.6 is 0 Å². The maximum atomic E-state index is 11.6. The summed E-state index contributed by atoms with van der Waals surface area (Å²) in [6.45, 7) is -0.0322. The Hall–Kier alpha value is -6.49. The molecule has 3 heterocycles. The van der Waals surface area contributed by atoms with Crippen molar-refractivity contribution in [3.63, 3.8) is 0 Å². The van der Waals surface area contributed by atoms with Crippen LogP contribution < -0.4 is 5.32 Å². The Balaban J connectivity index is 1.07. The van der Waals surface area contributed by atoms with Crippen LogP contribution in [0.1, 0.15) is 39.6 Å². The average molecular weight is 752 g/mol. The third-order valence-electron chi connectivity index (χ3n) is 10.9. The average Bonchev–Trinajstić information content (AvgIpc) is 3.85. The molecule has 9 rings (SSSR count). The van der Waals surface area contributed by atoms with Crippen molar-refractivity contribution in [1.29, 1.82) is 0 Å². The molecule has 1 aliphatic rings. The summed E-state index contributed by atoms with van der Waals surface area (Å²) in [5.41, 5.74) is 4.79. The number of aliphatic hydroxyl groups is 2. The van der Waals surface area contributed by atoms with Crippen LogP contribution in [0.4, 0.5) is 5.82 Å². The third kappa shape index (κ3) is 6.46. The normalized spacial score (nSPS) is 18.4. The van der Waals surface area contributed by atoms with Gasteiger partial charge in [0, 0.05) is 0 Å². The van der Waals surface area contributed by atoms with E-state index < -0.39 is 35.7 Å². The highest BCUT2D eigenvalue weighted by Crippen LogP contribution is 2.43. The summed E-state index contributed by atoms with van der Waals surface area (Å²) in [6.07, 6.45) is -1.43. The summed E-state index contributed by atoms with van der Waals surface area (Å²) in [6, 6.07) is 60.8. The largest absolute Gasteiger partial charge is 0.387 e. The van der Waals surface area contributed by atoms with E-state index in [2.05, 4.69) is 46.7 Å². The van der Waals surface area contributed by atoms with E-state index in [0.717, 1.165) is 33.4 Å². The Morgan fingerprint density at radius 3 is 1.40 bits per heavy atom. The summed E-state index contributed by atoms with van der Waals surface area (Å²) in [5.74, 6) is 0.488. The molecular weight excluding hydrogens is 711 g/mol. The fourth-order valence-electron chi connectivity index (χ4n) is 8.16. The van der Waals surface area contributed by atoms with Gasteiger partial charge in [-0.25, -0.2) is 15.0 Å². The monoisotopic (exact) mass is 751 g/mol. The van der Waals surface area contributed by atoms with E-state index in [1.165, 1.54) is 6.33 Å². The number of rotatable bonds is 12. The molecule has 1 aliphatic heterocycles. The quantitative estimate of drug-likeness (QED) is 0.108. The molecule has 0 spiro atoms. The van der Waals surface area contributed by atoms with Gasteiger partial charge in [0.15, 0.2) is 23.2 Å².